The third kappa shape index (κ3) is 4.46. The summed E-state index contributed by atoms with van der Waals surface area (Å²) < 4.78 is 5.35. The van der Waals surface area contributed by atoms with Crippen LogP contribution in [0, 0.1) is 6.92 Å². The highest BCUT2D eigenvalue weighted by molar-refractivity contribution is 5.91. The number of benzene rings is 1. The van der Waals surface area contributed by atoms with E-state index in [0.29, 0.717) is 32.8 Å². The standard InChI is InChI=1S/C19H26N2O4/c1-14-3-2-4-15(11-14)5-6-18(23)21-9-7-20(8-10-21)16-12-25-13-17(22)19(16)24/h2-6,11,16-17,19,22,24H,7-10,12-13H2,1H3/b6-5+/t16-,17-,19+/m1/s1. The van der Waals surface area contributed by atoms with Crippen LogP contribution in [0.15, 0.2) is 30.3 Å². The molecule has 1 amide bonds. The summed E-state index contributed by atoms with van der Waals surface area (Å²) in [6, 6.07) is 7.81. The average molecular weight is 346 g/mol. The molecule has 0 aromatic heterocycles. The van der Waals surface area contributed by atoms with E-state index in [2.05, 4.69) is 4.90 Å². The van der Waals surface area contributed by atoms with E-state index in [1.165, 1.54) is 5.56 Å². The first kappa shape index (κ1) is 18.1. The fraction of sp³-hybridized carbons (Fsp3) is 0.526. The molecule has 2 aliphatic rings. The molecule has 136 valence electrons. The van der Waals surface area contributed by atoms with Gasteiger partial charge in [-0.1, -0.05) is 29.8 Å². The second-order valence-electron chi connectivity index (χ2n) is 6.77. The van der Waals surface area contributed by atoms with Crippen LogP contribution in [0.2, 0.25) is 0 Å². The molecule has 6 heteroatoms. The zero-order chi connectivity index (χ0) is 17.8. The van der Waals surface area contributed by atoms with Gasteiger partial charge in [-0.15, -0.1) is 0 Å². The Hall–Kier alpha value is -1.73. The molecule has 1 aromatic carbocycles. The van der Waals surface area contributed by atoms with Gasteiger partial charge in [-0.3, -0.25) is 9.69 Å². The highest BCUT2D eigenvalue weighted by Crippen LogP contribution is 2.17. The quantitative estimate of drug-likeness (QED) is 0.769. The van der Waals surface area contributed by atoms with E-state index in [4.69, 9.17) is 4.74 Å². The summed E-state index contributed by atoms with van der Waals surface area (Å²) in [6.07, 6.45) is 1.83. The molecule has 1 aromatic rings. The smallest absolute Gasteiger partial charge is 0.246 e. The van der Waals surface area contributed by atoms with E-state index in [1.54, 1.807) is 6.08 Å². The summed E-state index contributed by atoms with van der Waals surface area (Å²) in [5.74, 6) is 0.00151. The van der Waals surface area contributed by atoms with Crippen LogP contribution in [0.25, 0.3) is 6.08 Å². The monoisotopic (exact) mass is 346 g/mol. The van der Waals surface area contributed by atoms with Crippen molar-refractivity contribution in [2.45, 2.75) is 25.2 Å². The minimum Gasteiger partial charge on any atom is -0.389 e. The van der Waals surface area contributed by atoms with Crippen LogP contribution in [0.5, 0.6) is 0 Å². The number of aliphatic hydroxyl groups is 2. The van der Waals surface area contributed by atoms with Gasteiger partial charge in [0.2, 0.25) is 5.91 Å². The average Bonchev–Trinajstić information content (AvgIpc) is 2.62. The molecule has 2 saturated heterocycles. The number of carbonyl (C=O) groups excluding carboxylic acids is 1. The van der Waals surface area contributed by atoms with Crippen molar-refractivity contribution in [1.29, 1.82) is 0 Å². The molecule has 2 N–H and O–H groups in total. The number of nitrogens with zero attached hydrogens (tertiary/aromatic N) is 2. The van der Waals surface area contributed by atoms with Crippen LogP contribution in [-0.4, -0.2) is 83.6 Å². The molecule has 0 aliphatic carbocycles. The van der Waals surface area contributed by atoms with Gasteiger partial charge >= 0.3 is 0 Å². The number of rotatable bonds is 3. The Morgan fingerprint density at radius 1 is 1.20 bits per heavy atom. The number of piperazine rings is 1. The maximum atomic E-state index is 12.4. The van der Waals surface area contributed by atoms with Gasteiger partial charge in [0.1, 0.15) is 6.10 Å². The Bertz CT molecular complexity index is 626. The number of carbonyl (C=O) groups is 1. The second-order valence-corrected chi connectivity index (χ2v) is 6.77. The summed E-state index contributed by atoms with van der Waals surface area (Å²) in [5.41, 5.74) is 2.18. The van der Waals surface area contributed by atoms with Crippen LogP contribution in [0.3, 0.4) is 0 Å². The maximum absolute atomic E-state index is 12.4. The molecule has 0 saturated carbocycles. The molecule has 3 atom stereocenters. The molecule has 2 fully saturated rings. The van der Waals surface area contributed by atoms with Gasteiger partial charge in [0, 0.05) is 32.3 Å². The van der Waals surface area contributed by atoms with Gasteiger partial charge in [0.25, 0.3) is 0 Å². The van der Waals surface area contributed by atoms with Crippen molar-refractivity contribution in [1.82, 2.24) is 9.80 Å². The lowest BCUT2D eigenvalue weighted by atomic mass is 10.0. The van der Waals surface area contributed by atoms with Crippen molar-refractivity contribution in [3.63, 3.8) is 0 Å². The molecule has 25 heavy (non-hydrogen) atoms. The number of ether oxygens (including phenoxy) is 1. The van der Waals surface area contributed by atoms with Crippen molar-refractivity contribution in [2.75, 3.05) is 39.4 Å². The fourth-order valence-electron chi connectivity index (χ4n) is 3.41. The minimum atomic E-state index is -0.837. The van der Waals surface area contributed by atoms with E-state index in [1.807, 2.05) is 42.2 Å². The summed E-state index contributed by atoms with van der Waals surface area (Å²) in [5, 5.41) is 19.9. The van der Waals surface area contributed by atoms with E-state index >= 15 is 0 Å². The minimum absolute atomic E-state index is 0.00151. The molecule has 0 spiro atoms. The van der Waals surface area contributed by atoms with E-state index in [9.17, 15) is 15.0 Å². The first-order valence-corrected chi connectivity index (χ1v) is 8.76. The number of amides is 1. The number of hydrogen-bond acceptors (Lipinski definition) is 5. The largest absolute Gasteiger partial charge is 0.389 e. The van der Waals surface area contributed by atoms with Crippen molar-refractivity contribution in [3.8, 4) is 0 Å². The fourth-order valence-corrected chi connectivity index (χ4v) is 3.41. The normalized spacial score (nSPS) is 28.4. The summed E-state index contributed by atoms with van der Waals surface area (Å²) in [6.45, 7) is 5.17. The predicted molar refractivity (Wildman–Crippen MR) is 95.0 cm³/mol. The number of hydrogen-bond donors (Lipinski definition) is 2. The molecule has 0 radical (unpaired) electrons. The van der Waals surface area contributed by atoms with Crippen LogP contribution in [-0.2, 0) is 9.53 Å². The number of aliphatic hydroxyl groups excluding tert-OH is 2. The Kier molecular flexibility index (Phi) is 5.86. The highest BCUT2D eigenvalue weighted by Gasteiger charge is 2.36. The van der Waals surface area contributed by atoms with Crippen LogP contribution in [0.4, 0.5) is 0 Å². The van der Waals surface area contributed by atoms with Gasteiger partial charge in [0.15, 0.2) is 0 Å². The predicted octanol–water partition coefficient (Wildman–Crippen LogP) is 0.273. The molecular formula is C19H26N2O4. The number of aryl methyl sites for hydroxylation is 1. The first-order valence-electron chi connectivity index (χ1n) is 8.76. The zero-order valence-electron chi connectivity index (χ0n) is 14.5. The van der Waals surface area contributed by atoms with E-state index in [0.717, 1.165) is 5.56 Å². The van der Waals surface area contributed by atoms with Gasteiger partial charge < -0.3 is 19.8 Å². The molecule has 0 unspecified atom stereocenters. The van der Waals surface area contributed by atoms with Crippen LogP contribution >= 0.6 is 0 Å². The summed E-state index contributed by atoms with van der Waals surface area (Å²) in [7, 11) is 0. The molecule has 3 rings (SSSR count). The third-order valence-electron chi connectivity index (χ3n) is 4.92. The van der Waals surface area contributed by atoms with Gasteiger partial charge in [-0.25, -0.2) is 0 Å². The van der Waals surface area contributed by atoms with E-state index < -0.39 is 12.2 Å². The van der Waals surface area contributed by atoms with Gasteiger partial charge in [0.05, 0.1) is 25.4 Å². The third-order valence-corrected chi connectivity index (χ3v) is 4.92. The Morgan fingerprint density at radius 3 is 2.68 bits per heavy atom. The van der Waals surface area contributed by atoms with E-state index in [-0.39, 0.29) is 18.6 Å². The molecule has 2 aliphatic heterocycles. The first-order chi connectivity index (χ1) is 12.0. The summed E-state index contributed by atoms with van der Waals surface area (Å²) >= 11 is 0. The Morgan fingerprint density at radius 2 is 1.96 bits per heavy atom. The zero-order valence-corrected chi connectivity index (χ0v) is 14.5. The molecule has 0 bridgehead atoms. The topological polar surface area (TPSA) is 73.2 Å². The second kappa shape index (κ2) is 8.10. The van der Waals surface area contributed by atoms with Crippen molar-refractivity contribution in [2.24, 2.45) is 0 Å². The van der Waals surface area contributed by atoms with Crippen LogP contribution in [0.1, 0.15) is 11.1 Å². The Balaban J connectivity index is 1.52. The van der Waals surface area contributed by atoms with Crippen molar-refractivity contribution < 1.29 is 19.7 Å². The lowest BCUT2D eigenvalue weighted by Crippen LogP contribution is -2.60. The lowest BCUT2D eigenvalue weighted by molar-refractivity contribution is -0.142. The highest BCUT2D eigenvalue weighted by atomic mass is 16.5. The Labute approximate surface area is 148 Å². The van der Waals surface area contributed by atoms with Crippen molar-refractivity contribution in [3.05, 3.63) is 41.5 Å². The van der Waals surface area contributed by atoms with Crippen molar-refractivity contribution >= 4 is 12.0 Å². The van der Waals surface area contributed by atoms with Crippen LogP contribution < -0.4 is 0 Å². The molecular weight excluding hydrogens is 320 g/mol. The van der Waals surface area contributed by atoms with Gasteiger partial charge in [-0.2, -0.15) is 0 Å². The SMILES string of the molecule is Cc1cccc(/C=C/C(=O)N2CCN([C@@H]3COC[C@@H](O)[C@H]3O)CC2)c1. The lowest BCUT2D eigenvalue weighted by Gasteiger charge is -2.43. The molecule has 6 nitrogen and oxygen atoms in total. The van der Waals surface area contributed by atoms with Gasteiger partial charge in [-0.05, 0) is 18.6 Å². The maximum Gasteiger partial charge on any atom is 0.246 e. The molecule has 2 heterocycles. The summed E-state index contributed by atoms with van der Waals surface area (Å²) in [4.78, 5) is 16.3.